The Morgan fingerprint density at radius 2 is 2.17 bits per heavy atom. The molecule has 0 spiro atoms. The molecule has 1 fully saturated rings. The van der Waals surface area contributed by atoms with Gasteiger partial charge < -0.3 is 10.0 Å². The monoisotopic (exact) mass is 269 g/mol. The fourth-order valence-electron chi connectivity index (χ4n) is 2.04. The Morgan fingerprint density at radius 1 is 1.44 bits per heavy atom. The van der Waals surface area contributed by atoms with Crippen molar-refractivity contribution < 1.29 is 18.3 Å². The first-order chi connectivity index (χ1) is 8.41. The number of carbonyl (C=O) groups excluding carboxylic acids is 1. The molecule has 1 unspecified atom stereocenters. The zero-order chi connectivity index (χ0) is 13.3. The molecule has 1 aliphatic heterocycles. The molecule has 0 radical (unpaired) electrons. The fourth-order valence-corrected chi connectivity index (χ4v) is 2.70. The summed E-state index contributed by atoms with van der Waals surface area (Å²) in [6, 6.07) is 6.31. The molecule has 1 atom stereocenters. The molecule has 2 rings (SSSR count). The van der Waals surface area contributed by atoms with Gasteiger partial charge in [0, 0.05) is 37.4 Å². The standard InChI is InChI=1S/C12H15NO4S/c1-18(16,17)11-4-2-3-10(6-11)13-7-9(8-14)5-12(13)15/h2-4,6,9,14H,5,7-8H2,1H3. The van der Waals surface area contributed by atoms with E-state index >= 15 is 0 Å². The van der Waals surface area contributed by atoms with Crippen molar-refractivity contribution in [1.82, 2.24) is 0 Å². The van der Waals surface area contributed by atoms with Crippen LogP contribution in [0.15, 0.2) is 29.2 Å². The number of sulfone groups is 1. The Labute approximate surface area is 106 Å². The van der Waals surface area contributed by atoms with E-state index in [1.165, 1.54) is 17.0 Å². The Kier molecular flexibility index (Phi) is 3.41. The average molecular weight is 269 g/mol. The Morgan fingerprint density at radius 3 is 2.72 bits per heavy atom. The van der Waals surface area contributed by atoms with Crippen molar-refractivity contribution in [3.05, 3.63) is 24.3 Å². The summed E-state index contributed by atoms with van der Waals surface area (Å²) in [6.45, 7) is 0.399. The van der Waals surface area contributed by atoms with Gasteiger partial charge in [0.1, 0.15) is 0 Å². The van der Waals surface area contributed by atoms with Crippen molar-refractivity contribution in [1.29, 1.82) is 0 Å². The summed E-state index contributed by atoms with van der Waals surface area (Å²) >= 11 is 0. The summed E-state index contributed by atoms with van der Waals surface area (Å²) in [5.74, 6) is -0.154. The van der Waals surface area contributed by atoms with Crippen molar-refractivity contribution in [3.8, 4) is 0 Å². The molecule has 1 amide bonds. The molecule has 0 bridgehead atoms. The van der Waals surface area contributed by atoms with E-state index in [1.807, 2.05) is 0 Å². The minimum absolute atomic E-state index is 0.0337. The second-order valence-corrected chi connectivity index (χ2v) is 6.54. The Hall–Kier alpha value is -1.40. The zero-order valence-electron chi connectivity index (χ0n) is 10.0. The van der Waals surface area contributed by atoms with Crippen LogP contribution in [0.4, 0.5) is 5.69 Å². The van der Waals surface area contributed by atoms with Gasteiger partial charge in [-0.25, -0.2) is 8.42 Å². The number of nitrogens with zero attached hydrogens (tertiary/aromatic N) is 1. The number of amides is 1. The van der Waals surface area contributed by atoms with Gasteiger partial charge in [0.2, 0.25) is 5.91 Å². The highest BCUT2D eigenvalue weighted by atomic mass is 32.2. The SMILES string of the molecule is CS(=O)(=O)c1cccc(N2CC(CO)CC2=O)c1. The third-order valence-electron chi connectivity index (χ3n) is 3.02. The van der Waals surface area contributed by atoms with E-state index in [4.69, 9.17) is 5.11 Å². The summed E-state index contributed by atoms with van der Waals surface area (Å²) < 4.78 is 22.9. The van der Waals surface area contributed by atoms with Crippen LogP contribution in [0.2, 0.25) is 0 Å². The topological polar surface area (TPSA) is 74.7 Å². The predicted molar refractivity (Wildman–Crippen MR) is 67.1 cm³/mol. The quantitative estimate of drug-likeness (QED) is 0.863. The van der Waals surface area contributed by atoms with Crippen molar-refractivity contribution in [2.45, 2.75) is 11.3 Å². The van der Waals surface area contributed by atoms with E-state index in [0.717, 1.165) is 6.26 Å². The maximum Gasteiger partial charge on any atom is 0.227 e. The van der Waals surface area contributed by atoms with Crippen LogP contribution >= 0.6 is 0 Å². The van der Waals surface area contributed by atoms with Gasteiger partial charge >= 0.3 is 0 Å². The lowest BCUT2D eigenvalue weighted by atomic mass is 10.1. The molecule has 1 heterocycles. The predicted octanol–water partition coefficient (Wildman–Crippen LogP) is 0.435. The first kappa shape index (κ1) is 13.0. The van der Waals surface area contributed by atoms with Crippen LogP contribution in [0.25, 0.3) is 0 Å². The van der Waals surface area contributed by atoms with Crippen LogP contribution in [0, 0.1) is 5.92 Å². The Bertz CT molecular complexity index is 567. The van der Waals surface area contributed by atoms with Gasteiger partial charge in [-0.15, -0.1) is 0 Å². The van der Waals surface area contributed by atoms with Crippen LogP contribution in [0.5, 0.6) is 0 Å². The van der Waals surface area contributed by atoms with Crippen molar-refractivity contribution in [2.75, 3.05) is 24.3 Å². The van der Waals surface area contributed by atoms with Gasteiger partial charge in [0.05, 0.1) is 4.90 Å². The second-order valence-electron chi connectivity index (χ2n) is 4.53. The highest BCUT2D eigenvalue weighted by molar-refractivity contribution is 7.90. The van der Waals surface area contributed by atoms with Gasteiger partial charge in [-0.05, 0) is 18.2 Å². The normalized spacial score (nSPS) is 20.4. The summed E-state index contributed by atoms with van der Waals surface area (Å²) in [7, 11) is -3.28. The molecule has 0 saturated carbocycles. The first-order valence-corrected chi connectivity index (χ1v) is 7.52. The number of aliphatic hydroxyl groups excluding tert-OH is 1. The van der Waals surface area contributed by atoms with Crippen LogP contribution in [-0.2, 0) is 14.6 Å². The average Bonchev–Trinajstić information content (AvgIpc) is 2.70. The van der Waals surface area contributed by atoms with Gasteiger partial charge in [0.25, 0.3) is 0 Å². The molecule has 0 aromatic heterocycles. The molecular formula is C12H15NO4S. The van der Waals surface area contributed by atoms with E-state index in [1.54, 1.807) is 12.1 Å². The number of aliphatic hydroxyl groups is 1. The largest absolute Gasteiger partial charge is 0.396 e. The van der Waals surface area contributed by atoms with E-state index in [9.17, 15) is 13.2 Å². The van der Waals surface area contributed by atoms with E-state index < -0.39 is 9.84 Å². The first-order valence-electron chi connectivity index (χ1n) is 5.63. The number of benzene rings is 1. The summed E-state index contributed by atoms with van der Waals surface area (Å²) in [6.07, 6.45) is 1.44. The lowest BCUT2D eigenvalue weighted by Gasteiger charge is -2.17. The molecule has 0 aliphatic carbocycles. The molecule has 5 nitrogen and oxygen atoms in total. The lowest BCUT2D eigenvalue weighted by Crippen LogP contribution is -2.25. The molecular weight excluding hydrogens is 254 g/mol. The summed E-state index contributed by atoms with van der Waals surface area (Å²) in [5.41, 5.74) is 0.568. The summed E-state index contributed by atoms with van der Waals surface area (Å²) in [4.78, 5) is 13.5. The van der Waals surface area contributed by atoms with E-state index in [0.29, 0.717) is 18.7 Å². The molecule has 1 aromatic rings. The molecule has 98 valence electrons. The van der Waals surface area contributed by atoms with Gasteiger partial charge in [-0.2, -0.15) is 0 Å². The second kappa shape index (κ2) is 4.70. The van der Waals surface area contributed by atoms with Crippen molar-refractivity contribution >= 4 is 21.4 Å². The highest BCUT2D eigenvalue weighted by Crippen LogP contribution is 2.26. The summed E-state index contributed by atoms with van der Waals surface area (Å²) in [5, 5.41) is 9.06. The Balaban J connectivity index is 2.32. The lowest BCUT2D eigenvalue weighted by molar-refractivity contribution is -0.117. The van der Waals surface area contributed by atoms with Crippen molar-refractivity contribution in [2.24, 2.45) is 5.92 Å². The molecule has 1 aliphatic rings. The van der Waals surface area contributed by atoms with Crippen LogP contribution in [0.3, 0.4) is 0 Å². The van der Waals surface area contributed by atoms with Crippen LogP contribution in [0.1, 0.15) is 6.42 Å². The number of hydrogen-bond donors (Lipinski definition) is 1. The minimum Gasteiger partial charge on any atom is -0.396 e. The smallest absolute Gasteiger partial charge is 0.227 e. The maximum absolute atomic E-state index is 11.8. The third-order valence-corrected chi connectivity index (χ3v) is 4.13. The van der Waals surface area contributed by atoms with Crippen molar-refractivity contribution in [3.63, 3.8) is 0 Å². The zero-order valence-corrected chi connectivity index (χ0v) is 10.9. The molecule has 1 saturated heterocycles. The molecule has 1 N–H and O–H groups in total. The van der Waals surface area contributed by atoms with Gasteiger partial charge in [-0.1, -0.05) is 6.07 Å². The number of carbonyl (C=O) groups is 1. The maximum atomic E-state index is 11.8. The van der Waals surface area contributed by atoms with E-state index in [2.05, 4.69) is 0 Å². The number of anilines is 1. The van der Waals surface area contributed by atoms with E-state index in [-0.39, 0.29) is 23.3 Å². The molecule has 1 aromatic carbocycles. The van der Waals surface area contributed by atoms with Crippen LogP contribution in [-0.4, -0.2) is 38.8 Å². The molecule has 18 heavy (non-hydrogen) atoms. The van der Waals surface area contributed by atoms with Crippen LogP contribution < -0.4 is 4.90 Å². The van der Waals surface area contributed by atoms with Gasteiger partial charge in [0.15, 0.2) is 9.84 Å². The number of hydrogen-bond acceptors (Lipinski definition) is 4. The fraction of sp³-hybridized carbons (Fsp3) is 0.417. The molecule has 6 heteroatoms. The minimum atomic E-state index is -3.28. The number of rotatable bonds is 3. The van der Waals surface area contributed by atoms with Gasteiger partial charge in [-0.3, -0.25) is 4.79 Å². The highest BCUT2D eigenvalue weighted by Gasteiger charge is 2.30. The third kappa shape index (κ3) is 2.54.